The van der Waals surface area contributed by atoms with Gasteiger partial charge in [-0.05, 0) is 43.7 Å². The van der Waals surface area contributed by atoms with Crippen LogP contribution in [0.5, 0.6) is 0 Å². The van der Waals surface area contributed by atoms with Gasteiger partial charge in [0.15, 0.2) is 0 Å². The second-order valence-corrected chi connectivity index (χ2v) is 5.29. The summed E-state index contributed by atoms with van der Waals surface area (Å²) in [6.45, 7) is 4.22. The molecule has 1 aromatic carbocycles. The second kappa shape index (κ2) is 6.04. The molecule has 0 aliphatic rings. The van der Waals surface area contributed by atoms with E-state index in [9.17, 15) is 9.59 Å². The van der Waals surface area contributed by atoms with E-state index in [-0.39, 0.29) is 11.1 Å². The van der Waals surface area contributed by atoms with Crippen LogP contribution in [-0.4, -0.2) is 15.5 Å². The van der Waals surface area contributed by atoms with Crippen molar-refractivity contribution < 1.29 is 4.79 Å². The van der Waals surface area contributed by atoms with Gasteiger partial charge in [-0.15, -0.1) is 0 Å². The summed E-state index contributed by atoms with van der Waals surface area (Å²) in [5, 5.41) is 3.58. The standard InChI is InChI=1S/C18H17N3O2/c1-3-21-16-13(8-6-10-19-16)11-14(18(21)23)17(22)20-15-9-5-4-7-12(15)2/h4-11H,3H2,1-2H3,(H,20,22). The summed E-state index contributed by atoms with van der Waals surface area (Å²) in [7, 11) is 0. The molecule has 3 rings (SSSR count). The highest BCUT2D eigenvalue weighted by Gasteiger charge is 2.16. The Hall–Kier alpha value is -2.95. The highest BCUT2D eigenvalue weighted by molar-refractivity contribution is 6.05. The largest absolute Gasteiger partial charge is 0.322 e. The number of benzene rings is 1. The number of anilines is 1. The molecule has 0 aliphatic carbocycles. The van der Waals surface area contributed by atoms with Gasteiger partial charge in [-0.2, -0.15) is 0 Å². The lowest BCUT2D eigenvalue weighted by Gasteiger charge is -2.11. The molecule has 0 bridgehead atoms. The van der Waals surface area contributed by atoms with Crippen LogP contribution in [0.2, 0.25) is 0 Å². The van der Waals surface area contributed by atoms with Crippen LogP contribution >= 0.6 is 0 Å². The molecule has 5 nitrogen and oxygen atoms in total. The number of nitrogens with one attached hydrogen (secondary N) is 1. The molecular formula is C18H17N3O2. The van der Waals surface area contributed by atoms with Gasteiger partial charge in [-0.25, -0.2) is 4.98 Å². The van der Waals surface area contributed by atoms with Gasteiger partial charge in [0.25, 0.3) is 11.5 Å². The Morgan fingerprint density at radius 2 is 2.00 bits per heavy atom. The molecule has 0 radical (unpaired) electrons. The Morgan fingerprint density at radius 1 is 1.22 bits per heavy atom. The quantitative estimate of drug-likeness (QED) is 0.809. The number of amides is 1. The molecule has 23 heavy (non-hydrogen) atoms. The molecule has 0 spiro atoms. The first-order valence-corrected chi connectivity index (χ1v) is 7.47. The Morgan fingerprint density at radius 3 is 2.74 bits per heavy atom. The molecule has 2 heterocycles. The molecule has 116 valence electrons. The highest BCUT2D eigenvalue weighted by Crippen LogP contribution is 2.16. The summed E-state index contributed by atoms with van der Waals surface area (Å²) in [5.74, 6) is -0.405. The van der Waals surface area contributed by atoms with Crippen molar-refractivity contribution in [3.05, 3.63) is 70.1 Å². The monoisotopic (exact) mass is 307 g/mol. The lowest BCUT2D eigenvalue weighted by Crippen LogP contribution is -2.29. The van der Waals surface area contributed by atoms with Gasteiger partial charge in [0.1, 0.15) is 11.2 Å². The number of rotatable bonds is 3. The number of carbonyl (C=O) groups is 1. The smallest absolute Gasteiger partial charge is 0.265 e. The van der Waals surface area contributed by atoms with Crippen molar-refractivity contribution in [3.63, 3.8) is 0 Å². The van der Waals surface area contributed by atoms with Crippen molar-refractivity contribution >= 4 is 22.6 Å². The Balaban J connectivity index is 2.09. The lowest BCUT2D eigenvalue weighted by atomic mass is 10.1. The average Bonchev–Trinajstić information content (AvgIpc) is 2.56. The predicted octanol–water partition coefficient (Wildman–Crippen LogP) is 2.98. The zero-order chi connectivity index (χ0) is 16.4. The summed E-state index contributed by atoms with van der Waals surface area (Å²) in [4.78, 5) is 29.4. The van der Waals surface area contributed by atoms with Gasteiger partial charge in [-0.1, -0.05) is 18.2 Å². The number of carbonyl (C=O) groups excluding carboxylic acids is 1. The molecule has 0 atom stereocenters. The third-order valence-corrected chi connectivity index (χ3v) is 3.80. The minimum absolute atomic E-state index is 0.121. The van der Waals surface area contributed by atoms with Crippen LogP contribution in [0.1, 0.15) is 22.8 Å². The van der Waals surface area contributed by atoms with Gasteiger partial charge >= 0.3 is 0 Å². The van der Waals surface area contributed by atoms with E-state index in [1.54, 1.807) is 18.3 Å². The van der Waals surface area contributed by atoms with Crippen LogP contribution in [0.4, 0.5) is 5.69 Å². The predicted molar refractivity (Wildman–Crippen MR) is 90.8 cm³/mol. The Kier molecular flexibility index (Phi) is 3.93. The summed E-state index contributed by atoms with van der Waals surface area (Å²) >= 11 is 0. The van der Waals surface area contributed by atoms with Crippen molar-refractivity contribution in [3.8, 4) is 0 Å². The average molecular weight is 307 g/mol. The number of para-hydroxylation sites is 1. The maximum absolute atomic E-state index is 12.6. The van der Waals surface area contributed by atoms with Crippen LogP contribution in [0.3, 0.4) is 0 Å². The third-order valence-electron chi connectivity index (χ3n) is 3.80. The molecule has 0 saturated heterocycles. The van der Waals surface area contributed by atoms with Gasteiger partial charge in [0, 0.05) is 23.8 Å². The molecule has 0 saturated carbocycles. The van der Waals surface area contributed by atoms with E-state index < -0.39 is 5.91 Å². The minimum Gasteiger partial charge on any atom is -0.322 e. The first-order chi connectivity index (χ1) is 11.1. The van der Waals surface area contributed by atoms with Crippen LogP contribution in [0, 0.1) is 6.92 Å². The molecule has 0 unspecified atom stereocenters. The Bertz CT molecular complexity index is 944. The minimum atomic E-state index is -0.405. The van der Waals surface area contributed by atoms with E-state index in [0.717, 1.165) is 10.9 Å². The summed E-state index contributed by atoms with van der Waals surface area (Å²) in [5.41, 5.74) is 2.03. The molecular weight excluding hydrogens is 290 g/mol. The number of fused-ring (bicyclic) bond motifs is 1. The van der Waals surface area contributed by atoms with Crippen LogP contribution < -0.4 is 10.9 Å². The normalized spacial score (nSPS) is 10.7. The summed E-state index contributed by atoms with van der Waals surface area (Å²) in [6, 6.07) is 12.7. The Labute approximate surface area is 133 Å². The van der Waals surface area contributed by atoms with Crippen LogP contribution in [0.25, 0.3) is 11.0 Å². The van der Waals surface area contributed by atoms with E-state index in [4.69, 9.17) is 0 Å². The maximum Gasteiger partial charge on any atom is 0.265 e. The fourth-order valence-corrected chi connectivity index (χ4v) is 2.57. The van der Waals surface area contributed by atoms with Crippen LogP contribution in [-0.2, 0) is 6.54 Å². The molecule has 2 aromatic heterocycles. The van der Waals surface area contributed by atoms with E-state index in [1.807, 2.05) is 44.2 Å². The highest BCUT2D eigenvalue weighted by atomic mass is 16.2. The number of pyridine rings is 2. The topological polar surface area (TPSA) is 64.0 Å². The number of hydrogen-bond acceptors (Lipinski definition) is 3. The molecule has 5 heteroatoms. The molecule has 0 aliphatic heterocycles. The number of hydrogen-bond donors (Lipinski definition) is 1. The number of nitrogens with zero attached hydrogens (tertiary/aromatic N) is 2. The van der Waals surface area contributed by atoms with Gasteiger partial charge in [0.05, 0.1) is 0 Å². The van der Waals surface area contributed by atoms with Crippen molar-refractivity contribution in [2.75, 3.05) is 5.32 Å². The SMILES string of the molecule is CCn1c(=O)c(C(=O)Nc2ccccc2C)cc2cccnc21. The summed E-state index contributed by atoms with van der Waals surface area (Å²) in [6.07, 6.45) is 1.64. The van der Waals surface area contributed by atoms with E-state index in [1.165, 1.54) is 4.57 Å². The van der Waals surface area contributed by atoms with E-state index in [2.05, 4.69) is 10.3 Å². The van der Waals surface area contributed by atoms with E-state index in [0.29, 0.717) is 17.9 Å². The maximum atomic E-state index is 12.6. The second-order valence-electron chi connectivity index (χ2n) is 5.29. The molecule has 0 fully saturated rings. The third kappa shape index (κ3) is 2.73. The van der Waals surface area contributed by atoms with Gasteiger partial charge in [-0.3, -0.25) is 14.2 Å². The van der Waals surface area contributed by atoms with Crippen molar-refractivity contribution in [2.45, 2.75) is 20.4 Å². The van der Waals surface area contributed by atoms with E-state index >= 15 is 0 Å². The van der Waals surface area contributed by atoms with Gasteiger partial charge in [0.2, 0.25) is 0 Å². The summed E-state index contributed by atoms with van der Waals surface area (Å²) < 4.78 is 1.52. The first kappa shape index (κ1) is 15.0. The zero-order valence-corrected chi connectivity index (χ0v) is 13.0. The van der Waals surface area contributed by atoms with Crippen molar-refractivity contribution in [1.82, 2.24) is 9.55 Å². The molecule has 3 aromatic rings. The lowest BCUT2D eigenvalue weighted by molar-refractivity contribution is 0.102. The zero-order valence-electron chi connectivity index (χ0n) is 13.0. The fourth-order valence-electron chi connectivity index (χ4n) is 2.57. The molecule has 1 amide bonds. The number of aromatic nitrogens is 2. The van der Waals surface area contributed by atoms with Crippen molar-refractivity contribution in [1.29, 1.82) is 0 Å². The van der Waals surface area contributed by atoms with Gasteiger partial charge < -0.3 is 5.32 Å². The van der Waals surface area contributed by atoms with Crippen molar-refractivity contribution in [2.24, 2.45) is 0 Å². The molecule has 1 N–H and O–H groups in total. The number of aryl methyl sites for hydroxylation is 2. The van der Waals surface area contributed by atoms with Crippen LogP contribution in [0.15, 0.2) is 53.5 Å². The fraction of sp³-hybridized carbons (Fsp3) is 0.167. The first-order valence-electron chi connectivity index (χ1n) is 7.47.